The molecule has 1 aromatic carbocycles. The Balaban J connectivity index is 2.76. The molecule has 0 saturated heterocycles. The van der Waals surface area contributed by atoms with Crippen molar-refractivity contribution in [3.05, 3.63) is 34.4 Å². The van der Waals surface area contributed by atoms with Crippen molar-refractivity contribution >= 4 is 20.0 Å². The summed E-state index contributed by atoms with van der Waals surface area (Å²) >= 11 is 0. The summed E-state index contributed by atoms with van der Waals surface area (Å²) in [5.41, 5.74) is 4.07. The average molecular weight is 348 g/mol. The van der Waals surface area contributed by atoms with Gasteiger partial charge in [-0.05, 0) is 37.5 Å². The second kappa shape index (κ2) is 7.08. The quantitative estimate of drug-likeness (QED) is 0.794. The highest BCUT2D eigenvalue weighted by molar-refractivity contribution is 7.93. The van der Waals surface area contributed by atoms with E-state index in [2.05, 4.69) is 4.72 Å². The Labute approximate surface area is 133 Å². The van der Waals surface area contributed by atoms with Crippen LogP contribution in [0.25, 0.3) is 0 Å². The Kier molecular flexibility index (Phi) is 6.14. The Bertz CT molecular complexity index is 715. The molecule has 0 amide bonds. The molecule has 8 heteroatoms. The first kappa shape index (κ1) is 19.1. The van der Waals surface area contributed by atoms with Crippen molar-refractivity contribution in [3.8, 4) is 0 Å². The zero-order valence-corrected chi connectivity index (χ0v) is 15.3. The van der Waals surface area contributed by atoms with E-state index < -0.39 is 31.6 Å². The van der Waals surface area contributed by atoms with Crippen LogP contribution < -0.4 is 4.72 Å². The normalized spacial score (nSPS) is 12.8. The smallest absolute Gasteiger partial charge is 0.212 e. The van der Waals surface area contributed by atoms with E-state index in [4.69, 9.17) is 0 Å². The molecule has 0 unspecified atom stereocenters. The number of nitrogens with one attached hydrogen (secondary N) is 1. The van der Waals surface area contributed by atoms with Gasteiger partial charge in [0.05, 0.1) is 11.5 Å². The first-order valence-corrected chi connectivity index (χ1v) is 10.1. The van der Waals surface area contributed by atoms with Crippen LogP contribution in [0.5, 0.6) is 0 Å². The van der Waals surface area contributed by atoms with Gasteiger partial charge in [0.25, 0.3) is 0 Å². The van der Waals surface area contributed by atoms with Gasteiger partial charge >= 0.3 is 0 Å². The van der Waals surface area contributed by atoms with Gasteiger partial charge in [0.2, 0.25) is 20.0 Å². The van der Waals surface area contributed by atoms with E-state index in [1.54, 1.807) is 0 Å². The minimum atomic E-state index is -3.65. The number of hydrogen-bond acceptors (Lipinski definition) is 4. The molecule has 1 aromatic rings. The van der Waals surface area contributed by atoms with Crippen LogP contribution >= 0.6 is 0 Å². The molecule has 0 fully saturated rings. The number of hydrogen-bond donors (Lipinski definition) is 1. The Morgan fingerprint density at radius 3 is 1.91 bits per heavy atom. The van der Waals surface area contributed by atoms with Crippen molar-refractivity contribution in [2.45, 2.75) is 27.3 Å². The van der Waals surface area contributed by atoms with Crippen molar-refractivity contribution in [3.63, 3.8) is 0 Å². The predicted octanol–water partition coefficient (Wildman–Crippen LogP) is 0.923. The van der Waals surface area contributed by atoms with Crippen molar-refractivity contribution in [1.29, 1.82) is 0 Å². The van der Waals surface area contributed by atoms with Gasteiger partial charge in [-0.25, -0.2) is 25.9 Å². The minimum Gasteiger partial charge on any atom is -0.212 e. The Morgan fingerprint density at radius 2 is 1.45 bits per heavy atom. The third kappa shape index (κ3) is 5.35. The van der Waals surface area contributed by atoms with Gasteiger partial charge in [-0.1, -0.05) is 17.7 Å². The van der Waals surface area contributed by atoms with Crippen molar-refractivity contribution in [1.82, 2.24) is 9.03 Å². The van der Waals surface area contributed by atoms with Gasteiger partial charge in [-0.3, -0.25) is 0 Å². The van der Waals surface area contributed by atoms with E-state index in [1.807, 2.05) is 32.9 Å². The molecule has 0 aliphatic heterocycles. The lowest BCUT2D eigenvalue weighted by atomic mass is 10.0. The summed E-state index contributed by atoms with van der Waals surface area (Å²) < 4.78 is 50.7. The molecule has 0 aromatic heterocycles. The lowest BCUT2D eigenvalue weighted by molar-refractivity contribution is 0.520. The van der Waals surface area contributed by atoms with Crippen LogP contribution in [0.2, 0.25) is 0 Å². The van der Waals surface area contributed by atoms with Gasteiger partial charge in [-0.2, -0.15) is 0 Å². The topological polar surface area (TPSA) is 83.5 Å². The molecule has 0 aliphatic carbocycles. The molecule has 0 heterocycles. The third-order valence-electron chi connectivity index (χ3n) is 3.48. The summed E-state index contributed by atoms with van der Waals surface area (Å²) in [6.07, 6.45) is 0. The van der Waals surface area contributed by atoms with E-state index in [9.17, 15) is 16.8 Å². The molecule has 1 rings (SSSR count). The highest BCUT2D eigenvalue weighted by Gasteiger charge is 2.19. The minimum absolute atomic E-state index is 0.169. The van der Waals surface area contributed by atoms with Gasteiger partial charge in [0.15, 0.2) is 0 Å². The fourth-order valence-electron chi connectivity index (χ4n) is 2.14. The summed E-state index contributed by atoms with van der Waals surface area (Å²) in [6, 6.07) is 3.99. The SMILES string of the molecule is Cc1cc(C)c(CNS(=O)(=O)CCS(=O)(=O)N(C)C)c(C)c1. The van der Waals surface area contributed by atoms with E-state index >= 15 is 0 Å². The van der Waals surface area contributed by atoms with Crippen LogP contribution in [0.4, 0.5) is 0 Å². The molecule has 0 aliphatic rings. The first-order chi connectivity index (χ1) is 9.94. The summed E-state index contributed by atoms with van der Waals surface area (Å²) in [5.74, 6) is -0.876. The van der Waals surface area contributed by atoms with Crippen LogP contribution in [0.15, 0.2) is 12.1 Å². The molecule has 0 radical (unpaired) electrons. The fraction of sp³-hybridized carbons (Fsp3) is 0.571. The van der Waals surface area contributed by atoms with E-state index in [0.29, 0.717) is 0 Å². The average Bonchev–Trinajstić information content (AvgIpc) is 2.35. The van der Waals surface area contributed by atoms with Crippen molar-refractivity contribution in [2.24, 2.45) is 0 Å². The summed E-state index contributed by atoms with van der Waals surface area (Å²) in [5, 5.41) is 0. The number of sulfonamides is 2. The number of benzene rings is 1. The second-order valence-corrected chi connectivity index (χ2v) is 9.84. The standard InChI is InChI=1S/C14H24N2O4S2/c1-11-8-12(2)14(13(3)9-11)10-15-21(17,18)6-7-22(19,20)16(4)5/h8-9,15H,6-7,10H2,1-5H3. The summed E-state index contributed by atoms with van der Waals surface area (Å²) in [7, 11) is -4.40. The lowest BCUT2D eigenvalue weighted by Gasteiger charge is -2.14. The van der Waals surface area contributed by atoms with Gasteiger partial charge in [-0.15, -0.1) is 0 Å². The number of aryl methyl sites for hydroxylation is 3. The highest BCUT2D eigenvalue weighted by Crippen LogP contribution is 2.16. The predicted molar refractivity (Wildman–Crippen MR) is 88.8 cm³/mol. The maximum atomic E-state index is 12.0. The summed E-state index contributed by atoms with van der Waals surface area (Å²) in [6.45, 7) is 6.02. The molecule has 22 heavy (non-hydrogen) atoms. The molecular weight excluding hydrogens is 324 g/mol. The van der Waals surface area contributed by atoms with Crippen LogP contribution in [0.1, 0.15) is 22.3 Å². The maximum absolute atomic E-state index is 12.0. The molecule has 0 atom stereocenters. The number of nitrogens with zero attached hydrogens (tertiary/aromatic N) is 1. The molecule has 1 N–H and O–H groups in total. The van der Waals surface area contributed by atoms with E-state index in [0.717, 1.165) is 26.6 Å². The molecule has 0 bridgehead atoms. The molecule has 0 saturated carbocycles. The van der Waals surface area contributed by atoms with Gasteiger partial charge in [0.1, 0.15) is 0 Å². The van der Waals surface area contributed by atoms with Gasteiger partial charge < -0.3 is 0 Å². The zero-order valence-electron chi connectivity index (χ0n) is 13.7. The van der Waals surface area contributed by atoms with Crippen LogP contribution in [-0.4, -0.2) is 46.7 Å². The largest absolute Gasteiger partial charge is 0.214 e. The van der Waals surface area contributed by atoms with Crippen LogP contribution in [0, 0.1) is 20.8 Å². The van der Waals surface area contributed by atoms with Crippen LogP contribution in [-0.2, 0) is 26.6 Å². The van der Waals surface area contributed by atoms with Crippen molar-refractivity contribution < 1.29 is 16.8 Å². The third-order valence-corrected chi connectivity index (χ3v) is 6.89. The zero-order chi connectivity index (χ0) is 17.1. The molecular formula is C14H24N2O4S2. The molecule has 0 spiro atoms. The fourth-order valence-corrected chi connectivity index (χ4v) is 4.73. The Hall–Kier alpha value is -0.960. The Morgan fingerprint density at radius 1 is 0.955 bits per heavy atom. The lowest BCUT2D eigenvalue weighted by Crippen LogP contribution is -2.33. The van der Waals surface area contributed by atoms with E-state index in [1.165, 1.54) is 14.1 Å². The second-order valence-electron chi connectivity index (χ2n) is 5.62. The maximum Gasteiger partial charge on any atom is 0.214 e. The van der Waals surface area contributed by atoms with E-state index in [-0.39, 0.29) is 6.54 Å². The molecule has 6 nitrogen and oxygen atoms in total. The highest BCUT2D eigenvalue weighted by atomic mass is 32.2. The summed E-state index contributed by atoms with van der Waals surface area (Å²) in [4.78, 5) is 0. The van der Waals surface area contributed by atoms with Crippen LogP contribution in [0.3, 0.4) is 0 Å². The first-order valence-electron chi connectivity index (χ1n) is 6.89. The van der Waals surface area contributed by atoms with Crippen molar-refractivity contribution in [2.75, 3.05) is 25.6 Å². The number of rotatable bonds is 7. The molecule has 126 valence electrons. The monoisotopic (exact) mass is 348 g/mol. The van der Waals surface area contributed by atoms with Gasteiger partial charge in [0, 0.05) is 20.6 Å².